The van der Waals surface area contributed by atoms with E-state index < -0.39 is 0 Å². The van der Waals surface area contributed by atoms with E-state index in [1.165, 1.54) is 5.56 Å². The van der Waals surface area contributed by atoms with Gasteiger partial charge >= 0.3 is 0 Å². The second kappa shape index (κ2) is 5.64. The average Bonchev–Trinajstić information content (AvgIpc) is 2.79. The van der Waals surface area contributed by atoms with Crippen molar-refractivity contribution >= 4 is 22.5 Å². The standard InChI is InChI=1S/C14H17N5.ClH/c1-9-3-4-11-12(7-9)19-10(2)8-17-14(19)13(18-11)16-6-5-15;/h3-4,7-8H,5-6,15H2,1-2H3,(H,16,18);1H/p-1. The van der Waals surface area contributed by atoms with Crippen LogP contribution >= 0.6 is 0 Å². The Morgan fingerprint density at radius 3 is 2.85 bits per heavy atom. The van der Waals surface area contributed by atoms with Crippen molar-refractivity contribution in [3.63, 3.8) is 0 Å². The average molecular weight is 291 g/mol. The summed E-state index contributed by atoms with van der Waals surface area (Å²) in [5.41, 5.74) is 10.8. The maximum absolute atomic E-state index is 5.54. The zero-order valence-electron chi connectivity index (χ0n) is 11.5. The van der Waals surface area contributed by atoms with Crippen molar-refractivity contribution in [2.24, 2.45) is 5.73 Å². The van der Waals surface area contributed by atoms with Crippen LogP contribution in [-0.4, -0.2) is 27.5 Å². The molecular weight excluding hydrogens is 274 g/mol. The summed E-state index contributed by atoms with van der Waals surface area (Å²) in [5, 5.41) is 3.24. The molecule has 0 radical (unpaired) electrons. The molecule has 106 valence electrons. The Balaban J connectivity index is 0.00000147. The molecule has 0 amide bonds. The number of fused-ring (bicyclic) bond motifs is 3. The van der Waals surface area contributed by atoms with E-state index in [9.17, 15) is 0 Å². The Morgan fingerprint density at radius 2 is 2.10 bits per heavy atom. The number of nitrogens with zero attached hydrogens (tertiary/aromatic N) is 3. The molecule has 0 saturated heterocycles. The predicted octanol–water partition coefficient (Wildman–Crippen LogP) is -1.13. The molecule has 20 heavy (non-hydrogen) atoms. The molecule has 0 spiro atoms. The molecule has 3 N–H and O–H groups in total. The van der Waals surface area contributed by atoms with E-state index in [1.807, 2.05) is 12.3 Å². The van der Waals surface area contributed by atoms with Crippen molar-refractivity contribution in [1.29, 1.82) is 0 Å². The van der Waals surface area contributed by atoms with Crippen molar-refractivity contribution in [1.82, 2.24) is 14.4 Å². The van der Waals surface area contributed by atoms with Gasteiger partial charge in [0.05, 0.1) is 11.0 Å². The van der Waals surface area contributed by atoms with E-state index in [0.29, 0.717) is 13.1 Å². The number of hydrogen-bond acceptors (Lipinski definition) is 4. The van der Waals surface area contributed by atoms with Gasteiger partial charge in [0.15, 0.2) is 11.5 Å². The topological polar surface area (TPSA) is 68.2 Å². The molecule has 0 bridgehead atoms. The van der Waals surface area contributed by atoms with Crippen LogP contribution in [0.15, 0.2) is 24.4 Å². The van der Waals surface area contributed by atoms with Gasteiger partial charge in [0.2, 0.25) is 0 Å². The van der Waals surface area contributed by atoms with Crippen molar-refractivity contribution in [2.45, 2.75) is 13.8 Å². The third-order valence-electron chi connectivity index (χ3n) is 3.19. The van der Waals surface area contributed by atoms with Gasteiger partial charge in [-0.1, -0.05) is 6.07 Å². The van der Waals surface area contributed by atoms with Crippen LogP contribution < -0.4 is 23.5 Å². The number of anilines is 1. The smallest absolute Gasteiger partial charge is 0.180 e. The molecule has 1 aromatic carbocycles. The van der Waals surface area contributed by atoms with E-state index >= 15 is 0 Å². The summed E-state index contributed by atoms with van der Waals surface area (Å²) in [5.74, 6) is 0.787. The molecule has 0 aliphatic rings. The van der Waals surface area contributed by atoms with Crippen molar-refractivity contribution < 1.29 is 12.4 Å². The molecule has 5 nitrogen and oxygen atoms in total. The number of hydrogen-bond donors (Lipinski definition) is 2. The Hall–Kier alpha value is -1.85. The zero-order chi connectivity index (χ0) is 13.4. The number of benzene rings is 1. The number of nitrogens with two attached hydrogens (primary N) is 1. The predicted molar refractivity (Wildman–Crippen MR) is 77.5 cm³/mol. The molecule has 6 heteroatoms. The molecule has 2 heterocycles. The lowest BCUT2D eigenvalue weighted by atomic mass is 10.2. The Bertz CT molecular complexity index is 750. The molecule has 0 unspecified atom stereocenters. The highest BCUT2D eigenvalue weighted by molar-refractivity contribution is 5.83. The second-order valence-electron chi connectivity index (χ2n) is 4.73. The zero-order valence-corrected chi connectivity index (χ0v) is 12.3. The Morgan fingerprint density at radius 1 is 1.30 bits per heavy atom. The summed E-state index contributed by atoms with van der Waals surface area (Å²) < 4.78 is 2.13. The van der Waals surface area contributed by atoms with Crippen LogP contribution in [0.2, 0.25) is 0 Å². The number of nitrogens with one attached hydrogen (secondary N) is 1. The molecule has 0 fully saturated rings. The molecule has 0 saturated carbocycles. The molecule has 3 rings (SSSR count). The maximum Gasteiger partial charge on any atom is 0.180 e. The summed E-state index contributed by atoms with van der Waals surface area (Å²) >= 11 is 0. The van der Waals surface area contributed by atoms with Gasteiger partial charge in [-0.15, -0.1) is 0 Å². The number of imidazole rings is 1. The summed E-state index contributed by atoms with van der Waals surface area (Å²) in [4.78, 5) is 9.09. The largest absolute Gasteiger partial charge is 1.00 e. The number of aryl methyl sites for hydroxylation is 2. The maximum atomic E-state index is 5.54. The number of aromatic nitrogens is 3. The quantitative estimate of drug-likeness (QED) is 0.641. The van der Waals surface area contributed by atoms with Crippen LogP contribution in [0.25, 0.3) is 16.7 Å². The lowest BCUT2D eigenvalue weighted by Gasteiger charge is -2.10. The van der Waals surface area contributed by atoms with E-state index in [-0.39, 0.29) is 12.4 Å². The third-order valence-corrected chi connectivity index (χ3v) is 3.19. The van der Waals surface area contributed by atoms with Crippen molar-refractivity contribution in [3.05, 3.63) is 35.7 Å². The SMILES string of the molecule is Cc1ccc2nc(NCCN)c3ncc(C)n3c2c1.[Cl-]. The minimum absolute atomic E-state index is 0. The molecule has 3 aromatic rings. The summed E-state index contributed by atoms with van der Waals surface area (Å²) in [6.07, 6.45) is 1.87. The number of halogens is 1. The Kier molecular flexibility index (Phi) is 4.11. The van der Waals surface area contributed by atoms with E-state index in [0.717, 1.165) is 28.2 Å². The molecule has 2 aromatic heterocycles. The fraction of sp³-hybridized carbons (Fsp3) is 0.286. The monoisotopic (exact) mass is 290 g/mol. The van der Waals surface area contributed by atoms with E-state index in [1.54, 1.807) is 0 Å². The fourth-order valence-corrected chi connectivity index (χ4v) is 2.29. The van der Waals surface area contributed by atoms with E-state index in [2.05, 4.69) is 45.7 Å². The molecule has 0 aliphatic carbocycles. The van der Waals surface area contributed by atoms with E-state index in [4.69, 9.17) is 5.73 Å². The van der Waals surface area contributed by atoms with Crippen molar-refractivity contribution in [2.75, 3.05) is 18.4 Å². The highest BCUT2D eigenvalue weighted by atomic mass is 35.5. The van der Waals surface area contributed by atoms with Gasteiger partial charge in [0, 0.05) is 25.0 Å². The van der Waals surface area contributed by atoms with Crippen LogP contribution in [0.5, 0.6) is 0 Å². The van der Waals surface area contributed by atoms with Crippen LogP contribution in [0, 0.1) is 13.8 Å². The summed E-state index contributed by atoms with van der Waals surface area (Å²) in [7, 11) is 0. The van der Waals surface area contributed by atoms with Gasteiger partial charge in [0.1, 0.15) is 0 Å². The summed E-state index contributed by atoms with van der Waals surface area (Å²) in [6.45, 7) is 5.39. The van der Waals surface area contributed by atoms with Gasteiger partial charge < -0.3 is 23.5 Å². The van der Waals surface area contributed by atoms with Gasteiger partial charge in [0.25, 0.3) is 0 Å². The first-order chi connectivity index (χ1) is 9.20. The molecular formula is C14H17ClN5-. The fourth-order valence-electron chi connectivity index (χ4n) is 2.29. The van der Waals surface area contributed by atoms with Crippen LogP contribution in [-0.2, 0) is 0 Å². The van der Waals surface area contributed by atoms with Crippen LogP contribution in [0.3, 0.4) is 0 Å². The van der Waals surface area contributed by atoms with Gasteiger partial charge in [-0.2, -0.15) is 0 Å². The molecule has 0 atom stereocenters. The second-order valence-corrected chi connectivity index (χ2v) is 4.73. The third kappa shape index (κ3) is 2.30. The minimum Gasteiger partial charge on any atom is -1.00 e. The van der Waals surface area contributed by atoms with Crippen LogP contribution in [0.4, 0.5) is 5.82 Å². The van der Waals surface area contributed by atoms with Crippen molar-refractivity contribution in [3.8, 4) is 0 Å². The van der Waals surface area contributed by atoms with Gasteiger partial charge in [-0.3, -0.25) is 4.40 Å². The van der Waals surface area contributed by atoms with Gasteiger partial charge in [-0.05, 0) is 31.5 Å². The summed E-state index contributed by atoms with van der Waals surface area (Å²) in [6, 6.07) is 6.24. The lowest BCUT2D eigenvalue weighted by Crippen LogP contribution is -3.00. The highest BCUT2D eigenvalue weighted by Crippen LogP contribution is 2.23. The lowest BCUT2D eigenvalue weighted by molar-refractivity contribution is -0.00000422. The highest BCUT2D eigenvalue weighted by Gasteiger charge is 2.11. The number of rotatable bonds is 3. The van der Waals surface area contributed by atoms with Gasteiger partial charge in [-0.25, -0.2) is 9.97 Å². The first-order valence-corrected chi connectivity index (χ1v) is 6.39. The molecule has 0 aliphatic heterocycles. The first-order valence-electron chi connectivity index (χ1n) is 6.39. The van der Waals surface area contributed by atoms with Crippen LogP contribution in [0.1, 0.15) is 11.3 Å². The normalized spacial score (nSPS) is 10.8. The Labute approximate surface area is 123 Å². The minimum atomic E-state index is 0. The first kappa shape index (κ1) is 14.6.